The Balaban J connectivity index is 3.10. The van der Waals surface area contributed by atoms with Crippen LogP contribution in [0.2, 0.25) is 0 Å². The van der Waals surface area contributed by atoms with Gasteiger partial charge < -0.3 is 5.73 Å². The van der Waals surface area contributed by atoms with E-state index in [0.29, 0.717) is 5.56 Å². The van der Waals surface area contributed by atoms with Crippen LogP contribution in [0.15, 0.2) is 18.2 Å². The lowest BCUT2D eigenvalue weighted by atomic mass is 10.0. The molecule has 0 aliphatic rings. The van der Waals surface area contributed by atoms with E-state index in [1.807, 2.05) is 0 Å². The summed E-state index contributed by atoms with van der Waals surface area (Å²) in [7, 11) is 0. The summed E-state index contributed by atoms with van der Waals surface area (Å²) >= 11 is 5.10. The van der Waals surface area contributed by atoms with E-state index in [2.05, 4.69) is 18.7 Å². The van der Waals surface area contributed by atoms with E-state index in [1.165, 1.54) is 6.07 Å². The van der Waals surface area contributed by atoms with Crippen LogP contribution in [0, 0.1) is 11.6 Å². The van der Waals surface area contributed by atoms with Crippen molar-refractivity contribution in [2.75, 3.05) is 13.1 Å². The van der Waals surface area contributed by atoms with Gasteiger partial charge in [-0.15, -0.1) is 0 Å². The highest BCUT2D eigenvalue weighted by Gasteiger charge is 2.23. The largest absolute Gasteiger partial charge is 0.392 e. The summed E-state index contributed by atoms with van der Waals surface area (Å²) in [5, 5.41) is 0. The lowest BCUT2D eigenvalue weighted by Gasteiger charge is -2.30. The van der Waals surface area contributed by atoms with E-state index in [-0.39, 0.29) is 11.0 Å². The van der Waals surface area contributed by atoms with Crippen LogP contribution in [-0.4, -0.2) is 23.0 Å². The number of hydrogen-bond acceptors (Lipinski definition) is 2. The molecule has 0 aliphatic carbocycles. The Kier molecular flexibility index (Phi) is 6.31. The van der Waals surface area contributed by atoms with Crippen LogP contribution in [-0.2, 0) is 0 Å². The highest BCUT2D eigenvalue weighted by molar-refractivity contribution is 7.80. The lowest BCUT2D eigenvalue weighted by Crippen LogP contribution is -2.38. The molecule has 0 aromatic heterocycles. The van der Waals surface area contributed by atoms with Crippen LogP contribution in [0.3, 0.4) is 0 Å². The molecule has 2 nitrogen and oxygen atoms in total. The second kappa shape index (κ2) is 7.50. The molecular formula is C14H20F2N2S. The van der Waals surface area contributed by atoms with Gasteiger partial charge in [0.05, 0.1) is 11.0 Å². The molecule has 0 fully saturated rings. The molecule has 0 saturated carbocycles. The third-order valence-electron chi connectivity index (χ3n) is 2.92. The first-order valence-electron chi connectivity index (χ1n) is 6.49. The molecule has 0 bridgehead atoms. The Hall–Kier alpha value is -1.07. The molecule has 1 atom stereocenters. The summed E-state index contributed by atoms with van der Waals surface area (Å²) < 4.78 is 26.4. The van der Waals surface area contributed by atoms with Crippen LogP contribution in [0.25, 0.3) is 0 Å². The number of hydrogen-bond donors (Lipinski definition) is 1. The van der Waals surface area contributed by atoms with Gasteiger partial charge in [-0.3, -0.25) is 4.90 Å². The second-order valence-electron chi connectivity index (χ2n) is 4.51. The smallest absolute Gasteiger partial charge is 0.159 e. The van der Waals surface area contributed by atoms with Crippen LogP contribution < -0.4 is 5.73 Å². The van der Waals surface area contributed by atoms with Crippen molar-refractivity contribution in [2.45, 2.75) is 32.7 Å². The molecule has 0 amide bonds. The molecule has 0 aliphatic heterocycles. The van der Waals surface area contributed by atoms with E-state index >= 15 is 0 Å². The van der Waals surface area contributed by atoms with E-state index in [4.69, 9.17) is 18.0 Å². The molecule has 0 saturated heterocycles. The molecule has 1 unspecified atom stereocenters. The molecular weight excluding hydrogens is 266 g/mol. The molecule has 1 aromatic carbocycles. The molecule has 1 aromatic rings. The van der Waals surface area contributed by atoms with Crippen LogP contribution in [0.1, 0.15) is 38.3 Å². The predicted molar refractivity (Wildman–Crippen MR) is 78.0 cm³/mol. The highest BCUT2D eigenvalue weighted by atomic mass is 32.1. The molecule has 0 spiro atoms. The number of nitrogens with zero attached hydrogens (tertiary/aromatic N) is 1. The monoisotopic (exact) mass is 286 g/mol. The fraction of sp³-hybridized carbons (Fsp3) is 0.500. The first-order chi connectivity index (χ1) is 9.01. The maximum Gasteiger partial charge on any atom is 0.159 e. The average molecular weight is 286 g/mol. The maximum atomic E-state index is 13.4. The summed E-state index contributed by atoms with van der Waals surface area (Å²) in [5.41, 5.74) is 6.40. The Labute approximate surface area is 118 Å². The molecule has 0 radical (unpaired) electrons. The van der Waals surface area contributed by atoms with Crippen molar-refractivity contribution in [1.29, 1.82) is 0 Å². The van der Waals surface area contributed by atoms with Crippen LogP contribution >= 0.6 is 12.2 Å². The Morgan fingerprint density at radius 2 is 1.79 bits per heavy atom. The zero-order chi connectivity index (χ0) is 14.4. The Bertz CT molecular complexity index is 431. The van der Waals surface area contributed by atoms with Crippen molar-refractivity contribution in [3.05, 3.63) is 35.4 Å². The first kappa shape index (κ1) is 16.0. The summed E-state index contributed by atoms with van der Waals surface area (Å²) in [4.78, 5) is 2.39. The van der Waals surface area contributed by atoms with Gasteiger partial charge in [0, 0.05) is 0 Å². The Morgan fingerprint density at radius 1 is 1.21 bits per heavy atom. The van der Waals surface area contributed by atoms with Gasteiger partial charge in [-0.05, 0) is 43.6 Å². The van der Waals surface area contributed by atoms with Gasteiger partial charge in [-0.25, -0.2) is 8.78 Å². The molecule has 5 heteroatoms. The van der Waals surface area contributed by atoms with Crippen molar-refractivity contribution in [3.63, 3.8) is 0 Å². The Morgan fingerprint density at radius 3 is 2.21 bits per heavy atom. The van der Waals surface area contributed by atoms with Crippen LogP contribution in [0.5, 0.6) is 0 Å². The van der Waals surface area contributed by atoms with Crippen molar-refractivity contribution < 1.29 is 8.78 Å². The minimum Gasteiger partial charge on any atom is -0.392 e. The standard InChI is InChI=1S/C14H20F2N2S/c1-3-7-18(8-4-2)13(14(17)19)10-5-6-11(15)12(16)9-10/h5-6,9,13H,3-4,7-8H2,1-2H3,(H2,17,19). The lowest BCUT2D eigenvalue weighted by molar-refractivity contribution is 0.244. The highest BCUT2D eigenvalue weighted by Crippen LogP contribution is 2.23. The van der Waals surface area contributed by atoms with E-state index in [9.17, 15) is 8.78 Å². The van der Waals surface area contributed by atoms with Crippen LogP contribution in [0.4, 0.5) is 8.78 Å². The van der Waals surface area contributed by atoms with E-state index in [0.717, 1.165) is 32.0 Å². The zero-order valence-electron chi connectivity index (χ0n) is 11.3. The van der Waals surface area contributed by atoms with Gasteiger partial charge in [0.25, 0.3) is 0 Å². The van der Waals surface area contributed by atoms with E-state index < -0.39 is 11.6 Å². The summed E-state index contributed by atoms with van der Waals surface area (Å²) in [6.07, 6.45) is 1.89. The van der Waals surface area contributed by atoms with Crippen molar-refractivity contribution >= 4 is 17.2 Å². The first-order valence-corrected chi connectivity index (χ1v) is 6.90. The van der Waals surface area contributed by atoms with Crippen molar-refractivity contribution in [1.82, 2.24) is 4.90 Å². The minimum absolute atomic E-state index is 0.285. The zero-order valence-corrected chi connectivity index (χ0v) is 12.1. The summed E-state index contributed by atoms with van der Waals surface area (Å²) in [6.45, 7) is 5.75. The van der Waals surface area contributed by atoms with Gasteiger partial charge >= 0.3 is 0 Å². The average Bonchev–Trinajstić information content (AvgIpc) is 2.34. The summed E-state index contributed by atoms with van der Waals surface area (Å²) in [6, 6.07) is 3.49. The minimum atomic E-state index is -0.869. The fourth-order valence-electron chi connectivity index (χ4n) is 2.18. The van der Waals surface area contributed by atoms with E-state index in [1.54, 1.807) is 6.07 Å². The van der Waals surface area contributed by atoms with Crippen molar-refractivity contribution in [3.8, 4) is 0 Å². The van der Waals surface area contributed by atoms with Gasteiger partial charge in [-0.2, -0.15) is 0 Å². The number of rotatable bonds is 7. The topological polar surface area (TPSA) is 29.3 Å². The maximum absolute atomic E-state index is 13.4. The second-order valence-corrected chi connectivity index (χ2v) is 4.99. The third kappa shape index (κ3) is 4.21. The molecule has 0 heterocycles. The number of nitrogens with two attached hydrogens (primary N) is 1. The number of thiocarbonyl (C=S) groups is 1. The van der Waals surface area contributed by atoms with Gasteiger partial charge in [-0.1, -0.05) is 32.1 Å². The third-order valence-corrected chi connectivity index (χ3v) is 3.14. The van der Waals surface area contributed by atoms with Gasteiger partial charge in [0.1, 0.15) is 0 Å². The molecule has 1 rings (SSSR count). The van der Waals surface area contributed by atoms with Gasteiger partial charge in [0.2, 0.25) is 0 Å². The quantitative estimate of drug-likeness (QED) is 0.779. The molecule has 106 valence electrons. The normalized spacial score (nSPS) is 12.7. The van der Waals surface area contributed by atoms with Crippen molar-refractivity contribution in [2.24, 2.45) is 5.73 Å². The number of benzene rings is 1. The van der Waals surface area contributed by atoms with Gasteiger partial charge in [0.15, 0.2) is 11.6 Å². The number of halogens is 2. The molecule has 2 N–H and O–H groups in total. The predicted octanol–water partition coefficient (Wildman–Crippen LogP) is 3.41. The SMILES string of the molecule is CCCN(CCC)C(C(N)=S)c1ccc(F)c(F)c1. The fourth-order valence-corrected chi connectivity index (χ4v) is 2.47. The summed E-state index contributed by atoms with van der Waals surface area (Å²) in [5.74, 6) is -1.73. The molecule has 19 heavy (non-hydrogen) atoms.